The van der Waals surface area contributed by atoms with Crippen molar-refractivity contribution in [1.29, 1.82) is 0 Å². The van der Waals surface area contributed by atoms with Gasteiger partial charge in [0, 0.05) is 43.0 Å². The molecule has 3 aromatic rings. The van der Waals surface area contributed by atoms with Crippen molar-refractivity contribution in [1.82, 2.24) is 19.9 Å². The van der Waals surface area contributed by atoms with Gasteiger partial charge in [0.25, 0.3) is 0 Å². The fourth-order valence-corrected chi connectivity index (χ4v) is 4.54. The molecule has 0 atom stereocenters. The first-order chi connectivity index (χ1) is 14.8. The van der Waals surface area contributed by atoms with Crippen LogP contribution in [0.15, 0.2) is 59.4 Å². The van der Waals surface area contributed by atoms with E-state index in [1.54, 1.807) is 12.4 Å². The Bertz CT molecular complexity index is 1010. The van der Waals surface area contributed by atoms with Crippen molar-refractivity contribution < 1.29 is 9.32 Å². The number of pyridine rings is 1. The van der Waals surface area contributed by atoms with Crippen LogP contribution >= 0.6 is 0 Å². The van der Waals surface area contributed by atoms with E-state index in [1.165, 1.54) is 11.1 Å². The molecule has 2 aliphatic heterocycles. The number of hydrogen-bond acceptors (Lipinski definition) is 5. The molecular weight excluding hydrogens is 376 g/mol. The minimum atomic E-state index is 0.132. The summed E-state index contributed by atoms with van der Waals surface area (Å²) in [4.78, 5) is 21.6. The molecule has 0 saturated carbocycles. The molecule has 0 radical (unpaired) electrons. The first kappa shape index (κ1) is 19.0. The number of carbonyl (C=O) groups is 1. The number of nitrogens with zero attached hydrogens (tertiary/aromatic N) is 4. The lowest BCUT2D eigenvalue weighted by molar-refractivity contribution is -0.138. The molecule has 0 unspecified atom stereocenters. The molecule has 0 N–H and O–H groups in total. The third kappa shape index (κ3) is 4.00. The summed E-state index contributed by atoms with van der Waals surface area (Å²) in [7, 11) is 0. The van der Waals surface area contributed by atoms with Gasteiger partial charge in [-0.05, 0) is 55.6 Å². The number of benzene rings is 1. The molecule has 1 amide bonds. The van der Waals surface area contributed by atoms with Crippen LogP contribution in [0.2, 0.25) is 0 Å². The number of piperidine rings is 1. The number of hydrogen-bond donors (Lipinski definition) is 0. The zero-order valence-corrected chi connectivity index (χ0v) is 17.0. The van der Waals surface area contributed by atoms with E-state index in [0.717, 1.165) is 69.0 Å². The molecule has 154 valence electrons. The highest BCUT2D eigenvalue weighted by Gasteiger charge is 2.30. The van der Waals surface area contributed by atoms with Gasteiger partial charge in [-0.1, -0.05) is 29.4 Å². The highest BCUT2D eigenvalue weighted by atomic mass is 16.5. The molecule has 1 saturated heterocycles. The van der Waals surface area contributed by atoms with Gasteiger partial charge < -0.3 is 9.42 Å². The van der Waals surface area contributed by atoms with Gasteiger partial charge in [0.05, 0.1) is 6.54 Å². The Morgan fingerprint density at radius 3 is 2.70 bits per heavy atom. The molecule has 4 heterocycles. The maximum Gasteiger partial charge on any atom is 0.226 e. The van der Waals surface area contributed by atoms with E-state index in [-0.39, 0.29) is 5.92 Å². The maximum absolute atomic E-state index is 13.1. The smallest absolute Gasteiger partial charge is 0.226 e. The van der Waals surface area contributed by atoms with Crippen LogP contribution < -0.4 is 0 Å². The zero-order chi connectivity index (χ0) is 20.3. The van der Waals surface area contributed by atoms with Crippen molar-refractivity contribution in [3.63, 3.8) is 0 Å². The first-order valence-corrected chi connectivity index (χ1v) is 10.7. The van der Waals surface area contributed by atoms with Crippen molar-refractivity contribution in [3.05, 3.63) is 71.7 Å². The minimum absolute atomic E-state index is 0.132. The second kappa shape index (κ2) is 8.40. The van der Waals surface area contributed by atoms with Crippen LogP contribution in [0.4, 0.5) is 0 Å². The third-order valence-corrected chi connectivity index (χ3v) is 6.27. The lowest BCUT2D eigenvalue weighted by Gasteiger charge is -2.35. The molecule has 0 aliphatic carbocycles. The van der Waals surface area contributed by atoms with Gasteiger partial charge >= 0.3 is 0 Å². The van der Waals surface area contributed by atoms with Crippen LogP contribution in [0.1, 0.15) is 29.7 Å². The SMILES string of the molecule is O=C(C1CCN(Cc2cc(-c3cccnc3)no2)CC1)N1CCc2ccccc2C1. The van der Waals surface area contributed by atoms with Crippen molar-refractivity contribution in [2.24, 2.45) is 5.92 Å². The van der Waals surface area contributed by atoms with Crippen LogP contribution in [-0.4, -0.2) is 45.5 Å². The average molecular weight is 402 g/mol. The van der Waals surface area contributed by atoms with Crippen molar-refractivity contribution in [3.8, 4) is 11.3 Å². The van der Waals surface area contributed by atoms with E-state index in [0.29, 0.717) is 5.91 Å². The molecule has 2 aromatic heterocycles. The Labute approximate surface area is 176 Å². The van der Waals surface area contributed by atoms with Gasteiger partial charge in [-0.15, -0.1) is 0 Å². The molecular formula is C24H26N4O2. The van der Waals surface area contributed by atoms with Crippen LogP contribution in [0, 0.1) is 5.92 Å². The maximum atomic E-state index is 13.1. The van der Waals surface area contributed by atoms with Gasteiger partial charge in [0.1, 0.15) is 5.69 Å². The first-order valence-electron chi connectivity index (χ1n) is 10.7. The second-order valence-electron chi connectivity index (χ2n) is 8.25. The number of fused-ring (bicyclic) bond motifs is 1. The lowest BCUT2D eigenvalue weighted by atomic mass is 9.93. The van der Waals surface area contributed by atoms with E-state index in [1.807, 2.05) is 18.2 Å². The molecule has 30 heavy (non-hydrogen) atoms. The number of amides is 1. The van der Waals surface area contributed by atoms with E-state index in [9.17, 15) is 4.79 Å². The topological polar surface area (TPSA) is 62.5 Å². The molecule has 6 nitrogen and oxygen atoms in total. The summed E-state index contributed by atoms with van der Waals surface area (Å²) < 4.78 is 5.53. The molecule has 0 bridgehead atoms. The Hall–Kier alpha value is -2.99. The number of aromatic nitrogens is 2. The molecule has 1 aromatic carbocycles. The fraction of sp³-hybridized carbons (Fsp3) is 0.375. The van der Waals surface area contributed by atoms with Gasteiger partial charge in [-0.2, -0.15) is 0 Å². The highest BCUT2D eigenvalue weighted by molar-refractivity contribution is 5.79. The Kier molecular flexibility index (Phi) is 5.32. The summed E-state index contributed by atoms with van der Waals surface area (Å²) in [6.07, 6.45) is 6.31. The zero-order valence-electron chi connectivity index (χ0n) is 17.0. The van der Waals surface area contributed by atoms with E-state index in [4.69, 9.17) is 4.52 Å². The van der Waals surface area contributed by atoms with Crippen molar-refractivity contribution in [2.75, 3.05) is 19.6 Å². The predicted molar refractivity (Wildman–Crippen MR) is 113 cm³/mol. The predicted octanol–water partition coefficient (Wildman–Crippen LogP) is 3.53. The Balaban J connectivity index is 1.14. The normalized spacial score (nSPS) is 17.7. The Morgan fingerprint density at radius 1 is 1.07 bits per heavy atom. The van der Waals surface area contributed by atoms with E-state index < -0.39 is 0 Å². The van der Waals surface area contributed by atoms with E-state index in [2.05, 4.69) is 44.2 Å². The standard InChI is InChI=1S/C24H26N4O2/c29-24(28-13-9-18-4-1-2-5-21(18)16-28)19-7-11-27(12-8-19)17-22-14-23(26-30-22)20-6-3-10-25-15-20/h1-6,10,14-15,19H,7-9,11-13,16-17H2. The van der Waals surface area contributed by atoms with Crippen LogP contribution in [0.3, 0.4) is 0 Å². The summed E-state index contributed by atoms with van der Waals surface area (Å²) in [5.74, 6) is 1.31. The fourth-order valence-electron chi connectivity index (χ4n) is 4.54. The van der Waals surface area contributed by atoms with Crippen LogP contribution in [0.5, 0.6) is 0 Å². The quantitative estimate of drug-likeness (QED) is 0.668. The largest absolute Gasteiger partial charge is 0.359 e. The molecule has 1 fully saturated rings. The van der Waals surface area contributed by atoms with Gasteiger partial charge in [0.15, 0.2) is 5.76 Å². The second-order valence-corrected chi connectivity index (χ2v) is 8.25. The van der Waals surface area contributed by atoms with Crippen LogP contribution in [-0.2, 0) is 24.3 Å². The molecule has 5 rings (SSSR count). The van der Waals surface area contributed by atoms with Crippen LogP contribution in [0.25, 0.3) is 11.3 Å². The highest BCUT2D eigenvalue weighted by Crippen LogP contribution is 2.26. The number of likely N-dealkylation sites (tertiary alicyclic amines) is 1. The summed E-state index contributed by atoms with van der Waals surface area (Å²) in [6.45, 7) is 4.13. The van der Waals surface area contributed by atoms with Gasteiger partial charge in [0.2, 0.25) is 5.91 Å². The third-order valence-electron chi connectivity index (χ3n) is 6.27. The summed E-state index contributed by atoms with van der Waals surface area (Å²) in [5, 5.41) is 4.17. The van der Waals surface area contributed by atoms with Gasteiger partial charge in [-0.25, -0.2) is 0 Å². The van der Waals surface area contributed by atoms with Crippen molar-refractivity contribution in [2.45, 2.75) is 32.4 Å². The minimum Gasteiger partial charge on any atom is -0.359 e. The monoisotopic (exact) mass is 402 g/mol. The summed E-state index contributed by atoms with van der Waals surface area (Å²) in [6, 6.07) is 14.3. The number of carbonyl (C=O) groups excluding carboxylic acids is 1. The summed E-state index contributed by atoms with van der Waals surface area (Å²) >= 11 is 0. The molecule has 2 aliphatic rings. The molecule has 0 spiro atoms. The Morgan fingerprint density at radius 2 is 1.90 bits per heavy atom. The van der Waals surface area contributed by atoms with E-state index >= 15 is 0 Å². The molecule has 6 heteroatoms. The average Bonchev–Trinajstić information content (AvgIpc) is 3.28. The number of rotatable bonds is 4. The van der Waals surface area contributed by atoms with Gasteiger partial charge in [-0.3, -0.25) is 14.7 Å². The lowest BCUT2D eigenvalue weighted by Crippen LogP contribution is -2.44. The van der Waals surface area contributed by atoms with Crippen molar-refractivity contribution >= 4 is 5.91 Å². The summed E-state index contributed by atoms with van der Waals surface area (Å²) in [5.41, 5.74) is 4.45.